The minimum atomic E-state index is 0.177. The Morgan fingerprint density at radius 2 is 2.00 bits per heavy atom. The number of thioether (sulfide) groups is 1. The van der Waals surface area contributed by atoms with Gasteiger partial charge in [0.05, 0.1) is 0 Å². The van der Waals surface area contributed by atoms with Gasteiger partial charge in [0.2, 0.25) is 5.91 Å². The van der Waals surface area contributed by atoms with Crippen LogP contribution >= 0.6 is 23.4 Å². The van der Waals surface area contributed by atoms with E-state index in [-0.39, 0.29) is 5.91 Å². The van der Waals surface area contributed by atoms with Crippen molar-refractivity contribution in [1.82, 2.24) is 5.32 Å². The second-order valence-electron chi connectivity index (χ2n) is 3.20. The molecular weight excluding hydrogens is 218 g/mol. The molecule has 0 aromatic carbocycles. The fourth-order valence-electron chi connectivity index (χ4n) is 1.08. The summed E-state index contributed by atoms with van der Waals surface area (Å²) in [7, 11) is 0. The second kappa shape index (κ2) is 11.2. The minimum Gasteiger partial charge on any atom is -0.356 e. The first-order chi connectivity index (χ1) is 6.81. The van der Waals surface area contributed by atoms with E-state index >= 15 is 0 Å². The standard InChI is InChI=1S/C10H20ClNOS/c1-14-9-6-10(13)12-8-5-3-2-4-7-11/h2-9H2,1H3,(H,12,13). The number of rotatable bonds is 9. The molecule has 0 heterocycles. The third-order valence-electron chi connectivity index (χ3n) is 1.92. The van der Waals surface area contributed by atoms with Gasteiger partial charge in [-0.1, -0.05) is 12.8 Å². The van der Waals surface area contributed by atoms with Crippen molar-refractivity contribution < 1.29 is 4.79 Å². The molecule has 0 bridgehead atoms. The molecule has 1 amide bonds. The van der Waals surface area contributed by atoms with Gasteiger partial charge in [-0.15, -0.1) is 11.6 Å². The van der Waals surface area contributed by atoms with Crippen LogP contribution in [-0.4, -0.2) is 30.3 Å². The lowest BCUT2D eigenvalue weighted by atomic mass is 10.2. The molecular formula is C10H20ClNOS. The van der Waals surface area contributed by atoms with Crippen molar-refractivity contribution in [2.24, 2.45) is 0 Å². The van der Waals surface area contributed by atoms with Crippen molar-refractivity contribution in [2.75, 3.05) is 24.4 Å². The highest BCUT2D eigenvalue weighted by Gasteiger charge is 1.98. The van der Waals surface area contributed by atoms with E-state index in [1.165, 1.54) is 6.42 Å². The summed E-state index contributed by atoms with van der Waals surface area (Å²) in [6.45, 7) is 0.815. The van der Waals surface area contributed by atoms with E-state index in [0.717, 1.165) is 37.4 Å². The molecule has 0 saturated heterocycles. The molecule has 0 saturated carbocycles. The highest BCUT2D eigenvalue weighted by atomic mass is 35.5. The van der Waals surface area contributed by atoms with Crippen molar-refractivity contribution in [3.05, 3.63) is 0 Å². The van der Waals surface area contributed by atoms with Crippen LogP contribution in [0.15, 0.2) is 0 Å². The Kier molecular flexibility index (Phi) is 11.3. The third-order valence-corrected chi connectivity index (χ3v) is 2.80. The predicted octanol–water partition coefficient (Wildman–Crippen LogP) is 2.65. The monoisotopic (exact) mass is 237 g/mol. The van der Waals surface area contributed by atoms with Gasteiger partial charge in [-0.05, 0) is 19.1 Å². The van der Waals surface area contributed by atoms with Gasteiger partial charge in [0.15, 0.2) is 0 Å². The SMILES string of the molecule is CSCCC(=O)NCCCCCCCl. The van der Waals surface area contributed by atoms with Crippen LogP contribution in [0.1, 0.15) is 32.1 Å². The average molecular weight is 238 g/mol. The van der Waals surface area contributed by atoms with Gasteiger partial charge < -0.3 is 5.32 Å². The highest BCUT2D eigenvalue weighted by Crippen LogP contribution is 2.00. The fourth-order valence-corrected chi connectivity index (χ4v) is 1.66. The Balaban J connectivity index is 3.07. The Labute approximate surface area is 96.2 Å². The summed E-state index contributed by atoms with van der Waals surface area (Å²) in [5.41, 5.74) is 0. The summed E-state index contributed by atoms with van der Waals surface area (Å²) in [4.78, 5) is 11.1. The molecule has 0 aromatic rings. The van der Waals surface area contributed by atoms with E-state index < -0.39 is 0 Å². The van der Waals surface area contributed by atoms with Gasteiger partial charge in [0.1, 0.15) is 0 Å². The molecule has 0 fully saturated rings. The summed E-state index contributed by atoms with van der Waals surface area (Å²) >= 11 is 7.25. The van der Waals surface area contributed by atoms with Crippen LogP contribution in [0.25, 0.3) is 0 Å². The number of unbranched alkanes of at least 4 members (excludes halogenated alkanes) is 3. The molecule has 4 heteroatoms. The zero-order valence-electron chi connectivity index (χ0n) is 8.85. The first-order valence-electron chi connectivity index (χ1n) is 5.13. The maximum Gasteiger partial charge on any atom is 0.220 e. The molecule has 1 N–H and O–H groups in total. The van der Waals surface area contributed by atoms with Gasteiger partial charge >= 0.3 is 0 Å². The zero-order valence-corrected chi connectivity index (χ0v) is 10.4. The molecule has 0 atom stereocenters. The number of carbonyl (C=O) groups is 1. The maximum absolute atomic E-state index is 11.1. The maximum atomic E-state index is 11.1. The number of halogens is 1. The lowest BCUT2D eigenvalue weighted by molar-refractivity contribution is -0.120. The number of amides is 1. The van der Waals surface area contributed by atoms with E-state index in [1.54, 1.807) is 11.8 Å². The van der Waals surface area contributed by atoms with Gasteiger partial charge in [-0.2, -0.15) is 11.8 Å². The first-order valence-corrected chi connectivity index (χ1v) is 7.05. The summed E-state index contributed by atoms with van der Waals surface area (Å²) in [5, 5.41) is 2.91. The largest absolute Gasteiger partial charge is 0.356 e. The number of alkyl halides is 1. The minimum absolute atomic E-state index is 0.177. The highest BCUT2D eigenvalue weighted by molar-refractivity contribution is 7.98. The van der Waals surface area contributed by atoms with Crippen LogP contribution in [0.2, 0.25) is 0 Å². The summed E-state index contributed by atoms with van der Waals surface area (Å²) in [6, 6.07) is 0. The van der Waals surface area contributed by atoms with Gasteiger partial charge in [-0.3, -0.25) is 4.79 Å². The summed E-state index contributed by atoms with van der Waals surface area (Å²) < 4.78 is 0. The molecule has 2 nitrogen and oxygen atoms in total. The molecule has 0 aliphatic rings. The number of hydrogen-bond donors (Lipinski definition) is 1. The molecule has 0 aliphatic heterocycles. The van der Waals surface area contributed by atoms with E-state index in [9.17, 15) is 4.79 Å². The van der Waals surface area contributed by atoms with Crippen molar-refractivity contribution in [3.8, 4) is 0 Å². The second-order valence-corrected chi connectivity index (χ2v) is 4.56. The molecule has 0 unspecified atom stereocenters. The van der Waals surface area contributed by atoms with Crippen molar-refractivity contribution in [3.63, 3.8) is 0 Å². The number of hydrogen-bond acceptors (Lipinski definition) is 2. The van der Waals surface area contributed by atoms with Gasteiger partial charge in [-0.25, -0.2) is 0 Å². The average Bonchev–Trinajstić information content (AvgIpc) is 2.20. The molecule has 0 spiro atoms. The fraction of sp³-hybridized carbons (Fsp3) is 0.900. The third kappa shape index (κ3) is 10.2. The zero-order chi connectivity index (χ0) is 10.6. The van der Waals surface area contributed by atoms with Crippen LogP contribution in [-0.2, 0) is 4.79 Å². The lowest BCUT2D eigenvalue weighted by Gasteiger charge is -2.03. The lowest BCUT2D eigenvalue weighted by Crippen LogP contribution is -2.24. The molecule has 84 valence electrons. The van der Waals surface area contributed by atoms with Crippen LogP contribution in [0.3, 0.4) is 0 Å². The molecule has 0 aromatic heterocycles. The summed E-state index contributed by atoms with van der Waals surface area (Å²) in [5.74, 6) is 1.84. The van der Waals surface area contributed by atoms with Crippen LogP contribution < -0.4 is 5.32 Å². The molecule has 14 heavy (non-hydrogen) atoms. The Morgan fingerprint density at radius 1 is 1.29 bits per heavy atom. The first kappa shape index (κ1) is 14.1. The summed E-state index contributed by atoms with van der Waals surface area (Å²) in [6.07, 6.45) is 7.14. The van der Waals surface area contributed by atoms with Crippen molar-refractivity contribution >= 4 is 29.3 Å². The quantitative estimate of drug-likeness (QED) is 0.494. The van der Waals surface area contributed by atoms with Crippen LogP contribution in [0.4, 0.5) is 0 Å². The Hall–Kier alpha value is 0.110. The van der Waals surface area contributed by atoms with E-state index in [1.807, 2.05) is 6.26 Å². The van der Waals surface area contributed by atoms with Crippen molar-refractivity contribution in [1.29, 1.82) is 0 Å². The van der Waals surface area contributed by atoms with E-state index in [4.69, 9.17) is 11.6 Å². The topological polar surface area (TPSA) is 29.1 Å². The Morgan fingerprint density at radius 3 is 2.64 bits per heavy atom. The van der Waals surface area contributed by atoms with E-state index in [0.29, 0.717) is 6.42 Å². The molecule has 0 rings (SSSR count). The van der Waals surface area contributed by atoms with E-state index in [2.05, 4.69) is 5.32 Å². The normalized spacial score (nSPS) is 10.1. The number of nitrogens with one attached hydrogen (secondary N) is 1. The predicted molar refractivity (Wildman–Crippen MR) is 65.2 cm³/mol. The van der Waals surface area contributed by atoms with Gasteiger partial charge in [0.25, 0.3) is 0 Å². The van der Waals surface area contributed by atoms with Crippen LogP contribution in [0.5, 0.6) is 0 Å². The van der Waals surface area contributed by atoms with Crippen molar-refractivity contribution in [2.45, 2.75) is 32.1 Å². The molecule has 0 aliphatic carbocycles. The number of carbonyl (C=O) groups excluding carboxylic acids is 1. The van der Waals surface area contributed by atoms with Gasteiger partial charge in [0, 0.05) is 24.6 Å². The smallest absolute Gasteiger partial charge is 0.220 e. The Bertz CT molecular complexity index is 144. The molecule has 0 radical (unpaired) electrons. The van der Waals surface area contributed by atoms with Crippen LogP contribution in [0, 0.1) is 0 Å².